The molecular weight excluding hydrogens is 256 g/mol. The molecule has 0 unspecified atom stereocenters. The van der Waals surface area contributed by atoms with Crippen LogP contribution < -0.4 is 9.57 Å². The first-order valence-corrected chi connectivity index (χ1v) is 5.95. The van der Waals surface area contributed by atoms with Gasteiger partial charge < -0.3 is 23.8 Å². The molecule has 1 aliphatic rings. The Bertz CT molecular complexity index is 402. The number of hydrogen-bond acceptors (Lipinski definition) is 7. The fourth-order valence-electron chi connectivity index (χ4n) is 1.53. The van der Waals surface area contributed by atoms with E-state index in [-0.39, 0.29) is 12.0 Å². The molecule has 0 saturated carbocycles. The van der Waals surface area contributed by atoms with Gasteiger partial charge >= 0.3 is 6.16 Å². The molecule has 106 valence electrons. The van der Waals surface area contributed by atoms with Crippen LogP contribution in [-0.2, 0) is 14.2 Å². The molecule has 0 radical (unpaired) electrons. The van der Waals surface area contributed by atoms with Gasteiger partial charge in [-0.2, -0.15) is 0 Å². The summed E-state index contributed by atoms with van der Waals surface area (Å²) in [6, 6.07) is 0. The van der Waals surface area contributed by atoms with Gasteiger partial charge in [-0.1, -0.05) is 0 Å². The standard InChI is InChI=1S/C11H16N2O6/c1-15-11(14)19-9-7-12-13(8-9)18-4-2-3-10-16-5-6-17-10/h7-8,10H,2-6H2,1H3. The Morgan fingerprint density at radius 3 is 3.05 bits per heavy atom. The van der Waals surface area contributed by atoms with Crippen LogP contribution in [0.2, 0.25) is 0 Å². The van der Waals surface area contributed by atoms with E-state index in [0.717, 1.165) is 12.8 Å². The minimum Gasteiger partial charge on any atom is -0.437 e. The first-order chi connectivity index (χ1) is 9.28. The summed E-state index contributed by atoms with van der Waals surface area (Å²) in [5.41, 5.74) is 0. The molecule has 0 aliphatic carbocycles. The fraction of sp³-hybridized carbons (Fsp3) is 0.636. The highest BCUT2D eigenvalue weighted by atomic mass is 16.7. The van der Waals surface area contributed by atoms with Crippen LogP contribution in [0.25, 0.3) is 0 Å². The number of ether oxygens (including phenoxy) is 4. The smallest absolute Gasteiger partial charge is 0.437 e. The largest absolute Gasteiger partial charge is 0.513 e. The minimum atomic E-state index is -0.796. The Balaban J connectivity index is 1.64. The van der Waals surface area contributed by atoms with E-state index in [9.17, 15) is 4.79 Å². The molecule has 0 aromatic carbocycles. The van der Waals surface area contributed by atoms with Crippen LogP contribution in [0.3, 0.4) is 0 Å². The maximum atomic E-state index is 10.8. The molecule has 0 spiro atoms. The van der Waals surface area contributed by atoms with Gasteiger partial charge in [0, 0.05) is 6.42 Å². The van der Waals surface area contributed by atoms with Crippen LogP contribution in [-0.4, -0.2) is 49.3 Å². The van der Waals surface area contributed by atoms with Gasteiger partial charge in [-0.3, -0.25) is 0 Å². The van der Waals surface area contributed by atoms with Gasteiger partial charge in [0.05, 0.1) is 26.5 Å². The number of carbonyl (C=O) groups excluding carboxylic acids is 1. The molecule has 1 saturated heterocycles. The summed E-state index contributed by atoms with van der Waals surface area (Å²) >= 11 is 0. The zero-order chi connectivity index (χ0) is 13.5. The van der Waals surface area contributed by atoms with E-state index in [4.69, 9.17) is 19.0 Å². The lowest BCUT2D eigenvalue weighted by atomic mass is 10.3. The third-order valence-electron chi connectivity index (χ3n) is 2.40. The summed E-state index contributed by atoms with van der Waals surface area (Å²) in [5.74, 6) is 0.259. The molecule has 2 rings (SSSR count). The van der Waals surface area contributed by atoms with Gasteiger partial charge in [0.2, 0.25) is 0 Å². The number of carbonyl (C=O) groups is 1. The van der Waals surface area contributed by atoms with Crippen LogP contribution in [0.1, 0.15) is 12.8 Å². The lowest BCUT2D eigenvalue weighted by Gasteiger charge is -2.08. The molecular formula is C11H16N2O6. The average molecular weight is 272 g/mol. The summed E-state index contributed by atoms with van der Waals surface area (Å²) in [7, 11) is 1.23. The van der Waals surface area contributed by atoms with E-state index in [1.165, 1.54) is 24.3 Å². The third kappa shape index (κ3) is 4.42. The minimum absolute atomic E-state index is 0.126. The van der Waals surface area contributed by atoms with Gasteiger partial charge in [0.15, 0.2) is 12.0 Å². The monoisotopic (exact) mass is 272 g/mol. The van der Waals surface area contributed by atoms with Crippen molar-refractivity contribution >= 4 is 6.16 Å². The maximum Gasteiger partial charge on any atom is 0.513 e. The van der Waals surface area contributed by atoms with Crippen LogP contribution in [0.5, 0.6) is 5.75 Å². The molecule has 19 heavy (non-hydrogen) atoms. The summed E-state index contributed by atoms with van der Waals surface area (Å²) in [6.07, 6.45) is 3.43. The highest BCUT2D eigenvalue weighted by Gasteiger charge is 2.15. The number of nitrogens with zero attached hydrogens (tertiary/aromatic N) is 2. The fourth-order valence-corrected chi connectivity index (χ4v) is 1.53. The highest BCUT2D eigenvalue weighted by molar-refractivity contribution is 5.63. The van der Waals surface area contributed by atoms with Crippen LogP contribution in [0.15, 0.2) is 12.4 Å². The molecule has 8 nitrogen and oxygen atoms in total. The summed E-state index contributed by atoms with van der Waals surface area (Å²) in [5, 5.41) is 3.87. The molecule has 0 atom stereocenters. The van der Waals surface area contributed by atoms with Gasteiger partial charge in [0.1, 0.15) is 12.8 Å². The second kappa shape index (κ2) is 6.95. The number of rotatable bonds is 6. The Hall–Kier alpha value is -1.80. The van der Waals surface area contributed by atoms with Gasteiger partial charge in [-0.05, 0) is 6.42 Å². The summed E-state index contributed by atoms with van der Waals surface area (Å²) < 4.78 is 19.7. The predicted octanol–water partition coefficient (Wildman–Crippen LogP) is 0.610. The highest BCUT2D eigenvalue weighted by Crippen LogP contribution is 2.10. The number of hydrogen-bond donors (Lipinski definition) is 0. The second-order valence-corrected chi connectivity index (χ2v) is 3.78. The van der Waals surface area contributed by atoms with Crippen molar-refractivity contribution in [2.24, 2.45) is 0 Å². The Morgan fingerprint density at radius 1 is 1.53 bits per heavy atom. The van der Waals surface area contributed by atoms with Crippen molar-refractivity contribution in [2.45, 2.75) is 19.1 Å². The van der Waals surface area contributed by atoms with Crippen molar-refractivity contribution in [3.8, 4) is 5.75 Å². The SMILES string of the molecule is COC(=O)Oc1cnn(OCCCC2OCCO2)c1. The molecule has 0 amide bonds. The maximum absolute atomic E-state index is 10.8. The number of methoxy groups -OCH3 is 1. The van der Waals surface area contributed by atoms with E-state index in [2.05, 4.69) is 9.84 Å². The average Bonchev–Trinajstić information content (AvgIpc) is 3.06. The third-order valence-corrected chi connectivity index (χ3v) is 2.40. The Labute approximate surface area is 110 Å². The van der Waals surface area contributed by atoms with Crippen molar-refractivity contribution in [1.82, 2.24) is 9.94 Å². The lowest BCUT2D eigenvalue weighted by molar-refractivity contribution is -0.0527. The van der Waals surface area contributed by atoms with E-state index in [1.54, 1.807) is 0 Å². The van der Waals surface area contributed by atoms with Crippen molar-refractivity contribution < 1.29 is 28.6 Å². The van der Waals surface area contributed by atoms with E-state index >= 15 is 0 Å². The van der Waals surface area contributed by atoms with Crippen molar-refractivity contribution in [3.63, 3.8) is 0 Å². The summed E-state index contributed by atoms with van der Waals surface area (Å²) in [6.45, 7) is 1.76. The van der Waals surface area contributed by atoms with E-state index < -0.39 is 6.16 Å². The van der Waals surface area contributed by atoms with E-state index in [0.29, 0.717) is 19.8 Å². The zero-order valence-electron chi connectivity index (χ0n) is 10.6. The molecule has 0 bridgehead atoms. The van der Waals surface area contributed by atoms with Crippen molar-refractivity contribution in [2.75, 3.05) is 26.9 Å². The lowest BCUT2D eigenvalue weighted by Crippen LogP contribution is -2.16. The van der Waals surface area contributed by atoms with Gasteiger partial charge in [-0.15, -0.1) is 9.94 Å². The molecule has 2 heterocycles. The van der Waals surface area contributed by atoms with Gasteiger partial charge in [-0.25, -0.2) is 4.79 Å². The predicted molar refractivity (Wildman–Crippen MR) is 61.6 cm³/mol. The van der Waals surface area contributed by atoms with Crippen LogP contribution in [0.4, 0.5) is 4.79 Å². The molecule has 1 aliphatic heterocycles. The first-order valence-electron chi connectivity index (χ1n) is 5.95. The second-order valence-electron chi connectivity index (χ2n) is 3.78. The Kier molecular flexibility index (Phi) is 4.99. The number of aromatic nitrogens is 2. The zero-order valence-corrected chi connectivity index (χ0v) is 10.6. The summed E-state index contributed by atoms with van der Waals surface area (Å²) in [4.78, 5) is 17.4. The topological polar surface area (TPSA) is 81.0 Å². The van der Waals surface area contributed by atoms with E-state index in [1.807, 2.05) is 0 Å². The van der Waals surface area contributed by atoms with Gasteiger partial charge in [0.25, 0.3) is 0 Å². The molecule has 1 aromatic rings. The molecule has 0 N–H and O–H groups in total. The van der Waals surface area contributed by atoms with Crippen molar-refractivity contribution in [3.05, 3.63) is 12.4 Å². The van der Waals surface area contributed by atoms with Crippen LogP contribution in [0, 0.1) is 0 Å². The molecule has 1 aromatic heterocycles. The molecule has 8 heteroatoms. The molecule has 1 fully saturated rings. The van der Waals surface area contributed by atoms with Crippen molar-refractivity contribution in [1.29, 1.82) is 0 Å². The normalized spacial score (nSPS) is 15.4. The first kappa shape index (κ1) is 13.6. The Morgan fingerprint density at radius 2 is 2.32 bits per heavy atom. The van der Waals surface area contributed by atoms with Crippen LogP contribution >= 0.6 is 0 Å². The quantitative estimate of drug-likeness (QED) is 0.554.